The fraction of sp³-hybridized carbons (Fsp3) is 0.222. The largest absolute Gasteiger partial charge is 0.492 e. The summed E-state index contributed by atoms with van der Waals surface area (Å²) in [6.45, 7) is 0.493. The van der Waals surface area contributed by atoms with Gasteiger partial charge in [-0.15, -0.1) is 0 Å². The van der Waals surface area contributed by atoms with Crippen molar-refractivity contribution in [2.75, 3.05) is 6.61 Å². The molecule has 1 atom stereocenters. The monoisotopic (exact) mass is 311 g/mol. The molecule has 0 aromatic heterocycles. The third-order valence-electron chi connectivity index (χ3n) is 3.83. The van der Waals surface area contributed by atoms with Crippen molar-refractivity contribution < 1.29 is 19.1 Å². The van der Waals surface area contributed by atoms with E-state index in [1.807, 2.05) is 24.3 Å². The number of benzene rings is 2. The lowest BCUT2D eigenvalue weighted by molar-refractivity contribution is -0.151. The molecule has 23 heavy (non-hydrogen) atoms. The molecule has 118 valence electrons. The molecule has 2 aromatic rings. The summed E-state index contributed by atoms with van der Waals surface area (Å²) < 4.78 is 10.9. The quantitative estimate of drug-likeness (QED) is 0.877. The number of nitrogens with two attached hydrogens (primary N) is 1. The molecule has 1 amide bonds. The molecule has 1 aliphatic rings. The Morgan fingerprint density at radius 3 is 2.61 bits per heavy atom. The van der Waals surface area contributed by atoms with Crippen LogP contribution in [0.4, 0.5) is 0 Å². The van der Waals surface area contributed by atoms with Gasteiger partial charge >= 0.3 is 5.97 Å². The summed E-state index contributed by atoms with van der Waals surface area (Å²) in [5, 5.41) is 0. The van der Waals surface area contributed by atoms with Crippen LogP contribution in [0.2, 0.25) is 0 Å². The van der Waals surface area contributed by atoms with Gasteiger partial charge in [0.15, 0.2) is 0 Å². The van der Waals surface area contributed by atoms with Crippen LogP contribution in [0.25, 0.3) is 0 Å². The Morgan fingerprint density at radius 1 is 1.13 bits per heavy atom. The summed E-state index contributed by atoms with van der Waals surface area (Å²) in [6.07, 6.45) is 0.621. The first kappa shape index (κ1) is 15.1. The van der Waals surface area contributed by atoms with Gasteiger partial charge in [-0.2, -0.15) is 0 Å². The van der Waals surface area contributed by atoms with Gasteiger partial charge in [0, 0.05) is 5.56 Å². The van der Waals surface area contributed by atoms with E-state index in [2.05, 4.69) is 0 Å². The minimum atomic E-state index is -0.480. The zero-order chi connectivity index (χ0) is 16.2. The Hall–Kier alpha value is -2.82. The Kier molecular flexibility index (Phi) is 4.28. The Morgan fingerprint density at radius 2 is 1.87 bits per heavy atom. The van der Waals surface area contributed by atoms with E-state index in [4.69, 9.17) is 15.2 Å². The van der Waals surface area contributed by atoms with Crippen molar-refractivity contribution >= 4 is 11.9 Å². The van der Waals surface area contributed by atoms with Gasteiger partial charge in [-0.1, -0.05) is 30.3 Å². The van der Waals surface area contributed by atoms with E-state index in [0.29, 0.717) is 18.6 Å². The Bertz CT molecular complexity index is 724. The second-order valence-electron chi connectivity index (χ2n) is 5.49. The molecule has 0 aliphatic carbocycles. The lowest BCUT2D eigenvalue weighted by atomic mass is 9.97. The molecule has 0 radical (unpaired) electrons. The molecule has 0 fully saturated rings. The molecule has 5 nitrogen and oxygen atoms in total. The molecule has 1 aliphatic heterocycles. The number of primary amides is 1. The number of ether oxygens (including phenoxy) is 2. The SMILES string of the molecule is NC(=O)c1ccc(COC(=O)[C@H]2COc3ccccc3C2)cc1. The number of carbonyl (C=O) groups is 2. The molecular weight excluding hydrogens is 294 g/mol. The zero-order valence-electron chi connectivity index (χ0n) is 12.5. The van der Waals surface area contributed by atoms with Crippen molar-refractivity contribution in [3.63, 3.8) is 0 Å². The van der Waals surface area contributed by atoms with Gasteiger partial charge in [0.1, 0.15) is 19.0 Å². The molecule has 0 unspecified atom stereocenters. The summed E-state index contributed by atoms with van der Waals surface area (Å²) in [5.74, 6) is -0.224. The van der Waals surface area contributed by atoms with Gasteiger partial charge < -0.3 is 15.2 Å². The fourth-order valence-corrected chi connectivity index (χ4v) is 2.52. The second-order valence-corrected chi connectivity index (χ2v) is 5.49. The highest BCUT2D eigenvalue weighted by Crippen LogP contribution is 2.27. The van der Waals surface area contributed by atoms with Crippen molar-refractivity contribution in [2.24, 2.45) is 11.7 Å². The van der Waals surface area contributed by atoms with Gasteiger partial charge in [-0.25, -0.2) is 0 Å². The molecule has 0 spiro atoms. The van der Waals surface area contributed by atoms with Crippen molar-refractivity contribution in [1.82, 2.24) is 0 Å². The number of carbonyl (C=O) groups excluding carboxylic acids is 2. The van der Waals surface area contributed by atoms with Crippen LogP contribution < -0.4 is 10.5 Å². The van der Waals surface area contributed by atoms with Crippen LogP contribution >= 0.6 is 0 Å². The van der Waals surface area contributed by atoms with E-state index in [9.17, 15) is 9.59 Å². The molecule has 0 saturated heterocycles. The highest BCUT2D eigenvalue weighted by molar-refractivity contribution is 5.92. The van der Waals surface area contributed by atoms with Crippen molar-refractivity contribution in [3.8, 4) is 5.75 Å². The first-order valence-electron chi connectivity index (χ1n) is 7.39. The highest BCUT2D eigenvalue weighted by atomic mass is 16.5. The second kappa shape index (κ2) is 6.52. The van der Waals surface area contributed by atoms with Crippen LogP contribution in [0.15, 0.2) is 48.5 Å². The predicted molar refractivity (Wildman–Crippen MR) is 83.9 cm³/mol. The molecule has 1 heterocycles. The van der Waals surface area contributed by atoms with Gasteiger partial charge in [-0.3, -0.25) is 9.59 Å². The van der Waals surface area contributed by atoms with Gasteiger partial charge in [0.25, 0.3) is 0 Å². The molecule has 3 rings (SSSR count). The molecule has 0 bridgehead atoms. The first-order valence-corrected chi connectivity index (χ1v) is 7.39. The summed E-state index contributed by atoms with van der Waals surface area (Å²) in [7, 11) is 0. The summed E-state index contributed by atoms with van der Waals surface area (Å²) in [6, 6.07) is 14.4. The molecule has 2 N–H and O–H groups in total. The van der Waals surface area contributed by atoms with E-state index in [1.165, 1.54) is 0 Å². The molecule has 5 heteroatoms. The van der Waals surface area contributed by atoms with E-state index < -0.39 is 5.91 Å². The third-order valence-corrected chi connectivity index (χ3v) is 3.83. The molecule has 0 saturated carbocycles. The van der Waals surface area contributed by atoms with Gasteiger partial charge in [0.2, 0.25) is 5.91 Å². The maximum Gasteiger partial charge on any atom is 0.313 e. The van der Waals surface area contributed by atoms with Crippen LogP contribution in [0.5, 0.6) is 5.75 Å². The number of rotatable bonds is 4. The van der Waals surface area contributed by atoms with E-state index >= 15 is 0 Å². The van der Waals surface area contributed by atoms with Gasteiger partial charge in [-0.05, 0) is 35.7 Å². The summed E-state index contributed by atoms with van der Waals surface area (Å²) in [4.78, 5) is 23.2. The smallest absolute Gasteiger partial charge is 0.313 e. The van der Waals surface area contributed by atoms with Crippen molar-refractivity contribution in [3.05, 3.63) is 65.2 Å². The van der Waals surface area contributed by atoms with Crippen LogP contribution in [0.1, 0.15) is 21.5 Å². The maximum atomic E-state index is 12.2. The number of hydrogen-bond donors (Lipinski definition) is 1. The van der Waals surface area contributed by atoms with E-state index in [1.54, 1.807) is 24.3 Å². The normalized spacial score (nSPS) is 16.1. The molecular formula is C18H17NO4. The number of hydrogen-bond acceptors (Lipinski definition) is 4. The predicted octanol–water partition coefficient (Wildman–Crippen LogP) is 2.08. The average molecular weight is 311 g/mol. The lowest BCUT2D eigenvalue weighted by Crippen LogP contribution is -2.29. The van der Waals surface area contributed by atoms with Gasteiger partial charge in [0.05, 0.1) is 5.92 Å². The summed E-state index contributed by atoms with van der Waals surface area (Å²) >= 11 is 0. The average Bonchev–Trinajstić information content (AvgIpc) is 2.59. The lowest BCUT2D eigenvalue weighted by Gasteiger charge is -2.23. The maximum absolute atomic E-state index is 12.2. The minimum absolute atomic E-state index is 0.163. The van der Waals surface area contributed by atoms with Crippen LogP contribution in [0.3, 0.4) is 0 Å². The highest BCUT2D eigenvalue weighted by Gasteiger charge is 2.27. The van der Waals surface area contributed by atoms with Crippen LogP contribution in [-0.2, 0) is 22.6 Å². The standard InChI is InChI=1S/C18H17NO4/c19-17(20)13-7-5-12(6-8-13)10-23-18(21)15-9-14-3-1-2-4-16(14)22-11-15/h1-8,15H,9-11H2,(H2,19,20)/t15-/m1/s1. The van der Waals surface area contributed by atoms with E-state index in [0.717, 1.165) is 16.9 Å². The first-order chi connectivity index (χ1) is 11.1. The van der Waals surface area contributed by atoms with Crippen molar-refractivity contribution in [1.29, 1.82) is 0 Å². The summed E-state index contributed by atoms with van der Waals surface area (Å²) in [5.41, 5.74) is 7.44. The number of amides is 1. The van der Waals surface area contributed by atoms with Crippen LogP contribution in [-0.4, -0.2) is 18.5 Å². The number of esters is 1. The minimum Gasteiger partial charge on any atom is -0.492 e. The topological polar surface area (TPSA) is 78.6 Å². The van der Waals surface area contributed by atoms with Crippen LogP contribution in [0, 0.1) is 5.92 Å². The van der Waals surface area contributed by atoms with E-state index in [-0.39, 0.29) is 18.5 Å². The number of fused-ring (bicyclic) bond motifs is 1. The third kappa shape index (κ3) is 3.51. The Labute approximate surface area is 134 Å². The fourth-order valence-electron chi connectivity index (χ4n) is 2.52. The Balaban J connectivity index is 1.57. The zero-order valence-corrected chi connectivity index (χ0v) is 12.5. The van der Waals surface area contributed by atoms with Crippen molar-refractivity contribution in [2.45, 2.75) is 13.0 Å². The number of para-hydroxylation sites is 1. The molecule has 2 aromatic carbocycles.